The Balaban J connectivity index is 1.89. The van der Waals surface area contributed by atoms with E-state index in [1.807, 2.05) is 13.0 Å². The maximum atomic E-state index is 13.0. The number of fused-ring (bicyclic) bond motifs is 1. The summed E-state index contributed by atoms with van der Waals surface area (Å²) in [6.07, 6.45) is 4.13. The maximum absolute atomic E-state index is 13.0. The van der Waals surface area contributed by atoms with E-state index in [4.69, 9.17) is 4.74 Å². The lowest BCUT2D eigenvalue weighted by Gasteiger charge is -2.12. The van der Waals surface area contributed by atoms with Gasteiger partial charge in [-0.3, -0.25) is 9.59 Å². The molecule has 0 saturated carbocycles. The van der Waals surface area contributed by atoms with E-state index in [-0.39, 0.29) is 17.2 Å². The number of unbranched alkanes of at least 4 members (excludes halogenated alkanes) is 3. The van der Waals surface area contributed by atoms with Crippen molar-refractivity contribution in [2.75, 3.05) is 11.9 Å². The molecule has 1 amide bonds. The summed E-state index contributed by atoms with van der Waals surface area (Å²) in [7, 11) is 0. The van der Waals surface area contributed by atoms with Gasteiger partial charge in [-0.25, -0.2) is 4.68 Å². The van der Waals surface area contributed by atoms with Crippen LogP contribution in [-0.4, -0.2) is 22.3 Å². The monoisotopic (exact) mass is 393 g/mol. The molecule has 0 unspecified atom stereocenters. The third-order valence-electron chi connectivity index (χ3n) is 4.73. The van der Waals surface area contributed by atoms with Crippen LogP contribution in [0.1, 0.15) is 50.0 Å². The summed E-state index contributed by atoms with van der Waals surface area (Å²) in [4.78, 5) is 25.7. The molecule has 0 aliphatic rings. The lowest BCUT2D eigenvalue weighted by molar-refractivity contribution is 0.102. The van der Waals surface area contributed by atoms with Gasteiger partial charge in [0, 0.05) is 17.6 Å². The summed E-state index contributed by atoms with van der Waals surface area (Å²) in [6, 6.07) is 14.3. The quantitative estimate of drug-likeness (QED) is 0.538. The summed E-state index contributed by atoms with van der Waals surface area (Å²) in [5, 5.41) is 8.35. The van der Waals surface area contributed by atoms with Gasteiger partial charge < -0.3 is 10.1 Å². The Morgan fingerprint density at radius 2 is 1.72 bits per heavy atom. The number of nitrogens with zero attached hydrogens (tertiary/aromatic N) is 2. The molecular formula is C23H27N3O3. The van der Waals surface area contributed by atoms with E-state index in [0.717, 1.165) is 31.4 Å². The van der Waals surface area contributed by atoms with Gasteiger partial charge in [0.1, 0.15) is 5.75 Å². The molecule has 3 rings (SSSR count). The average Bonchev–Trinajstić information content (AvgIpc) is 2.74. The first-order valence-corrected chi connectivity index (χ1v) is 10.2. The van der Waals surface area contributed by atoms with Crippen molar-refractivity contribution in [1.29, 1.82) is 0 Å². The predicted octanol–water partition coefficient (Wildman–Crippen LogP) is 4.63. The molecular weight excluding hydrogens is 366 g/mol. The minimum absolute atomic E-state index is 0.158. The number of benzene rings is 2. The molecule has 0 fully saturated rings. The molecule has 0 saturated heterocycles. The first-order chi connectivity index (χ1) is 14.1. The summed E-state index contributed by atoms with van der Waals surface area (Å²) >= 11 is 0. The molecule has 6 nitrogen and oxygen atoms in total. The van der Waals surface area contributed by atoms with E-state index < -0.39 is 0 Å². The van der Waals surface area contributed by atoms with Crippen LogP contribution in [0.25, 0.3) is 10.8 Å². The van der Waals surface area contributed by atoms with Crippen LogP contribution < -0.4 is 15.6 Å². The highest BCUT2D eigenvalue weighted by Crippen LogP contribution is 2.18. The van der Waals surface area contributed by atoms with E-state index in [0.29, 0.717) is 29.6 Å². The Bertz CT molecular complexity index is 1030. The molecule has 152 valence electrons. The number of carbonyl (C=O) groups excluding carboxylic acids is 1. The smallest absolute Gasteiger partial charge is 0.276 e. The molecule has 0 aliphatic carbocycles. The van der Waals surface area contributed by atoms with E-state index in [1.165, 1.54) is 4.68 Å². The number of ether oxygens (including phenoxy) is 1. The number of rotatable bonds is 9. The lowest BCUT2D eigenvalue weighted by Crippen LogP contribution is -2.27. The third kappa shape index (κ3) is 5.02. The number of carbonyl (C=O) groups is 1. The highest BCUT2D eigenvalue weighted by molar-refractivity contribution is 6.11. The zero-order valence-electron chi connectivity index (χ0n) is 17.0. The zero-order chi connectivity index (χ0) is 20.6. The fourth-order valence-corrected chi connectivity index (χ4v) is 3.23. The Labute approximate surface area is 170 Å². The second-order valence-electron chi connectivity index (χ2n) is 6.89. The Hall–Kier alpha value is -3.15. The molecule has 0 bridgehead atoms. The van der Waals surface area contributed by atoms with E-state index in [9.17, 15) is 9.59 Å². The fraction of sp³-hybridized carbons (Fsp3) is 0.348. The molecule has 6 heteroatoms. The lowest BCUT2D eigenvalue weighted by atomic mass is 10.1. The highest BCUT2D eigenvalue weighted by Gasteiger charge is 2.17. The van der Waals surface area contributed by atoms with Crippen LogP contribution in [0.3, 0.4) is 0 Å². The highest BCUT2D eigenvalue weighted by atomic mass is 16.5. The second kappa shape index (κ2) is 9.87. The Morgan fingerprint density at radius 1 is 1.00 bits per heavy atom. The standard InChI is InChI=1S/C23H27N3O3/c1-3-5-6-9-16-26-23(28)20-11-8-7-10-19(20)21(25-26)22(27)24-17-12-14-18(15-13-17)29-4-2/h7-8,10-15H,3-6,9,16H2,1-2H3,(H,24,27). The summed E-state index contributed by atoms with van der Waals surface area (Å²) in [5.74, 6) is 0.405. The van der Waals surface area contributed by atoms with E-state index in [1.54, 1.807) is 42.5 Å². The zero-order valence-corrected chi connectivity index (χ0v) is 17.0. The first kappa shape index (κ1) is 20.6. The van der Waals surface area contributed by atoms with Gasteiger partial charge in [-0.1, -0.05) is 44.4 Å². The van der Waals surface area contributed by atoms with Crippen molar-refractivity contribution in [2.24, 2.45) is 0 Å². The predicted molar refractivity (Wildman–Crippen MR) is 116 cm³/mol. The molecule has 0 radical (unpaired) electrons. The largest absolute Gasteiger partial charge is 0.494 e. The van der Waals surface area contributed by atoms with Crippen LogP contribution in [0, 0.1) is 0 Å². The van der Waals surface area contributed by atoms with Crippen molar-refractivity contribution in [3.8, 4) is 5.75 Å². The normalized spacial score (nSPS) is 10.8. The molecule has 1 heterocycles. The average molecular weight is 393 g/mol. The van der Waals surface area contributed by atoms with Crippen molar-refractivity contribution in [1.82, 2.24) is 9.78 Å². The topological polar surface area (TPSA) is 73.2 Å². The summed E-state index contributed by atoms with van der Waals surface area (Å²) in [5.41, 5.74) is 0.740. The number of amides is 1. The van der Waals surface area contributed by atoms with Crippen LogP contribution in [-0.2, 0) is 6.54 Å². The van der Waals surface area contributed by atoms with Gasteiger partial charge in [0.2, 0.25) is 0 Å². The molecule has 3 aromatic rings. The Kier molecular flexibility index (Phi) is 7.00. The van der Waals surface area contributed by atoms with Gasteiger partial charge in [0.05, 0.1) is 12.0 Å². The van der Waals surface area contributed by atoms with Gasteiger partial charge in [-0.2, -0.15) is 5.10 Å². The summed E-state index contributed by atoms with van der Waals surface area (Å²) in [6.45, 7) is 5.15. The molecule has 1 N–H and O–H groups in total. The fourth-order valence-electron chi connectivity index (χ4n) is 3.23. The van der Waals surface area contributed by atoms with E-state index in [2.05, 4.69) is 17.3 Å². The van der Waals surface area contributed by atoms with Gasteiger partial charge in [0.15, 0.2) is 5.69 Å². The minimum atomic E-state index is -0.340. The van der Waals surface area contributed by atoms with Crippen LogP contribution in [0.5, 0.6) is 5.75 Å². The maximum Gasteiger partial charge on any atom is 0.276 e. The Morgan fingerprint density at radius 3 is 2.41 bits per heavy atom. The van der Waals surface area contributed by atoms with Crippen molar-refractivity contribution in [3.05, 3.63) is 64.6 Å². The number of hydrogen-bond donors (Lipinski definition) is 1. The minimum Gasteiger partial charge on any atom is -0.494 e. The molecule has 0 spiro atoms. The van der Waals surface area contributed by atoms with Crippen LogP contribution >= 0.6 is 0 Å². The van der Waals surface area contributed by atoms with Gasteiger partial charge >= 0.3 is 0 Å². The van der Waals surface area contributed by atoms with Gasteiger partial charge in [-0.15, -0.1) is 0 Å². The van der Waals surface area contributed by atoms with Crippen molar-refractivity contribution < 1.29 is 9.53 Å². The molecule has 0 atom stereocenters. The third-order valence-corrected chi connectivity index (χ3v) is 4.73. The first-order valence-electron chi connectivity index (χ1n) is 10.2. The van der Waals surface area contributed by atoms with E-state index >= 15 is 0 Å². The van der Waals surface area contributed by atoms with Crippen LogP contribution in [0.15, 0.2) is 53.3 Å². The van der Waals surface area contributed by atoms with Gasteiger partial charge in [-0.05, 0) is 43.7 Å². The molecule has 0 aliphatic heterocycles. The number of anilines is 1. The SMILES string of the molecule is CCCCCCn1nc(C(=O)Nc2ccc(OCC)cc2)c2ccccc2c1=O. The van der Waals surface area contributed by atoms with Crippen LogP contribution in [0.2, 0.25) is 0 Å². The number of hydrogen-bond acceptors (Lipinski definition) is 4. The van der Waals surface area contributed by atoms with Crippen molar-refractivity contribution in [2.45, 2.75) is 46.1 Å². The molecule has 2 aromatic carbocycles. The van der Waals surface area contributed by atoms with Crippen molar-refractivity contribution in [3.63, 3.8) is 0 Å². The molecule has 29 heavy (non-hydrogen) atoms. The number of nitrogens with one attached hydrogen (secondary N) is 1. The molecule has 1 aromatic heterocycles. The number of aryl methyl sites for hydroxylation is 1. The van der Waals surface area contributed by atoms with Gasteiger partial charge in [0.25, 0.3) is 11.5 Å². The van der Waals surface area contributed by atoms with Crippen LogP contribution in [0.4, 0.5) is 5.69 Å². The number of aromatic nitrogens is 2. The van der Waals surface area contributed by atoms with Crippen molar-refractivity contribution >= 4 is 22.4 Å². The second-order valence-corrected chi connectivity index (χ2v) is 6.89. The summed E-state index contributed by atoms with van der Waals surface area (Å²) < 4.78 is 6.85.